The van der Waals surface area contributed by atoms with Crippen molar-refractivity contribution in [3.63, 3.8) is 0 Å². The van der Waals surface area contributed by atoms with Crippen LogP contribution in [0.2, 0.25) is 0 Å². The molecule has 1 atom stereocenters. The van der Waals surface area contributed by atoms with Gasteiger partial charge in [-0.15, -0.1) is 0 Å². The van der Waals surface area contributed by atoms with Gasteiger partial charge in [-0.2, -0.15) is 0 Å². The summed E-state index contributed by atoms with van der Waals surface area (Å²) in [6.07, 6.45) is 0. The van der Waals surface area contributed by atoms with E-state index in [9.17, 15) is 12.8 Å². The normalized spacial score (nSPS) is 13.3. The fourth-order valence-corrected chi connectivity index (χ4v) is 3.01. The lowest BCUT2D eigenvalue weighted by Gasteiger charge is -2.13. The molecule has 0 saturated carbocycles. The van der Waals surface area contributed by atoms with Gasteiger partial charge in [0.05, 0.1) is 4.90 Å². The second-order valence-corrected chi connectivity index (χ2v) is 6.71. The number of halogens is 1. The number of ether oxygens (including phenoxy) is 1. The van der Waals surface area contributed by atoms with Crippen molar-refractivity contribution in [1.82, 2.24) is 10.0 Å². The minimum atomic E-state index is -3.64. The van der Waals surface area contributed by atoms with Crippen molar-refractivity contribution in [2.75, 3.05) is 26.8 Å². The molecule has 0 bridgehead atoms. The van der Waals surface area contributed by atoms with Crippen molar-refractivity contribution in [2.24, 2.45) is 5.92 Å². The molecule has 1 aromatic rings. The van der Waals surface area contributed by atoms with E-state index in [-0.39, 0.29) is 17.4 Å². The predicted molar refractivity (Wildman–Crippen MR) is 80.0 cm³/mol. The molecule has 0 aliphatic carbocycles. The summed E-state index contributed by atoms with van der Waals surface area (Å²) in [6, 6.07) is 3.81. The van der Waals surface area contributed by atoms with Crippen molar-refractivity contribution in [3.05, 3.63) is 29.6 Å². The average Bonchev–Trinajstić information content (AvgIpc) is 2.44. The number of rotatable bonds is 9. The van der Waals surface area contributed by atoms with Crippen molar-refractivity contribution in [3.8, 4) is 0 Å². The molecule has 1 unspecified atom stereocenters. The molecule has 0 spiro atoms. The number of benzene rings is 1. The second-order valence-electron chi connectivity index (χ2n) is 4.95. The van der Waals surface area contributed by atoms with Crippen LogP contribution in [-0.2, 0) is 21.3 Å². The van der Waals surface area contributed by atoms with E-state index in [1.54, 1.807) is 7.11 Å². The molecule has 2 N–H and O–H groups in total. The maximum absolute atomic E-state index is 13.6. The van der Waals surface area contributed by atoms with Crippen LogP contribution in [0.3, 0.4) is 0 Å². The monoisotopic (exact) mass is 318 g/mol. The molecular formula is C14H23FN2O3S. The van der Waals surface area contributed by atoms with Crippen LogP contribution in [0.25, 0.3) is 0 Å². The van der Waals surface area contributed by atoms with Crippen molar-refractivity contribution >= 4 is 10.0 Å². The molecule has 1 aromatic carbocycles. The summed E-state index contributed by atoms with van der Waals surface area (Å²) in [6.45, 7) is 5.51. The zero-order chi connectivity index (χ0) is 15.9. The van der Waals surface area contributed by atoms with Gasteiger partial charge >= 0.3 is 0 Å². The highest BCUT2D eigenvalue weighted by molar-refractivity contribution is 7.89. The Hall–Kier alpha value is -1.02. The molecule has 0 radical (unpaired) electrons. The molecule has 0 saturated heterocycles. The van der Waals surface area contributed by atoms with Crippen LogP contribution in [0.1, 0.15) is 19.4 Å². The summed E-state index contributed by atoms with van der Waals surface area (Å²) < 4.78 is 45.5. The first-order chi connectivity index (χ1) is 9.90. The van der Waals surface area contributed by atoms with E-state index in [1.807, 2.05) is 13.8 Å². The van der Waals surface area contributed by atoms with E-state index in [0.717, 1.165) is 0 Å². The van der Waals surface area contributed by atoms with Crippen molar-refractivity contribution in [1.29, 1.82) is 0 Å². The Kier molecular flexibility index (Phi) is 7.24. The molecule has 0 amide bonds. The van der Waals surface area contributed by atoms with Crippen LogP contribution in [0, 0.1) is 11.7 Å². The van der Waals surface area contributed by atoms with E-state index in [1.165, 1.54) is 18.2 Å². The third kappa shape index (κ3) is 5.70. The Bertz CT molecular complexity index is 549. The molecule has 0 heterocycles. The number of nitrogens with one attached hydrogen (secondary N) is 2. The lowest BCUT2D eigenvalue weighted by Crippen LogP contribution is -2.30. The molecule has 0 aromatic heterocycles. The summed E-state index contributed by atoms with van der Waals surface area (Å²) in [5.74, 6) is -0.353. The van der Waals surface area contributed by atoms with Gasteiger partial charge in [0.25, 0.3) is 0 Å². The fraction of sp³-hybridized carbons (Fsp3) is 0.571. The van der Waals surface area contributed by atoms with E-state index < -0.39 is 15.8 Å². The lowest BCUT2D eigenvalue weighted by atomic mass is 10.2. The van der Waals surface area contributed by atoms with Gasteiger partial charge in [0, 0.05) is 32.4 Å². The summed E-state index contributed by atoms with van der Waals surface area (Å²) >= 11 is 0. The smallest absolute Gasteiger partial charge is 0.240 e. The highest BCUT2D eigenvalue weighted by atomic mass is 32.2. The first-order valence-corrected chi connectivity index (χ1v) is 8.36. The summed E-state index contributed by atoms with van der Waals surface area (Å²) in [5.41, 5.74) is 0.338. The Morgan fingerprint density at radius 1 is 1.38 bits per heavy atom. The van der Waals surface area contributed by atoms with Crippen molar-refractivity contribution in [2.45, 2.75) is 25.3 Å². The molecule has 120 valence electrons. The van der Waals surface area contributed by atoms with E-state index in [2.05, 4.69) is 10.0 Å². The Morgan fingerprint density at radius 3 is 2.71 bits per heavy atom. The molecule has 0 fully saturated rings. The standard InChI is InChI=1S/C14H23FN2O3S/c1-4-16-9-12-7-13(5-6-14(12)15)21(18,19)17-8-11(2)10-20-3/h5-7,11,16-17H,4,8-10H2,1-3H3. The highest BCUT2D eigenvalue weighted by Crippen LogP contribution is 2.15. The van der Waals surface area contributed by atoms with Crippen LogP contribution in [0.5, 0.6) is 0 Å². The van der Waals surface area contributed by atoms with Crippen LogP contribution < -0.4 is 10.0 Å². The Labute approximate surface area is 125 Å². The van der Waals surface area contributed by atoms with Gasteiger partial charge in [-0.3, -0.25) is 0 Å². The lowest BCUT2D eigenvalue weighted by molar-refractivity contribution is 0.161. The van der Waals surface area contributed by atoms with Crippen molar-refractivity contribution < 1.29 is 17.5 Å². The first kappa shape index (κ1) is 18.0. The molecule has 7 heteroatoms. The quantitative estimate of drug-likeness (QED) is 0.724. The maximum atomic E-state index is 13.6. The average molecular weight is 318 g/mol. The van der Waals surface area contributed by atoms with Gasteiger partial charge in [0.1, 0.15) is 5.82 Å². The van der Waals surface area contributed by atoms with E-state index >= 15 is 0 Å². The topological polar surface area (TPSA) is 67.4 Å². The zero-order valence-corrected chi connectivity index (χ0v) is 13.5. The minimum Gasteiger partial charge on any atom is -0.384 e. The molecule has 0 aliphatic heterocycles. The van der Waals surface area contributed by atoms with Crippen LogP contribution in [0.15, 0.2) is 23.1 Å². The second kappa shape index (κ2) is 8.43. The fourth-order valence-electron chi connectivity index (χ4n) is 1.79. The molecule has 1 rings (SSSR count). The van der Waals surface area contributed by atoms with Gasteiger partial charge in [-0.05, 0) is 30.7 Å². The first-order valence-electron chi connectivity index (χ1n) is 6.88. The van der Waals surface area contributed by atoms with Gasteiger partial charge in [-0.25, -0.2) is 17.5 Å². The number of methoxy groups -OCH3 is 1. The Morgan fingerprint density at radius 2 is 2.10 bits per heavy atom. The number of sulfonamides is 1. The molecule has 5 nitrogen and oxygen atoms in total. The van der Waals surface area contributed by atoms with Gasteiger partial charge in [0.2, 0.25) is 10.0 Å². The Balaban J connectivity index is 2.83. The van der Waals surface area contributed by atoms with Crippen LogP contribution in [0.4, 0.5) is 4.39 Å². The summed E-state index contributed by atoms with van der Waals surface area (Å²) in [4.78, 5) is 0.0708. The van der Waals surface area contributed by atoms with E-state index in [4.69, 9.17) is 4.74 Å². The third-order valence-electron chi connectivity index (χ3n) is 2.97. The maximum Gasteiger partial charge on any atom is 0.240 e. The van der Waals surface area contributed by atoms with Crippen LogP contribution in [-0.4, -0.2) is 35.2 Å². The number of hydrogen-bond donors (Lipinski definition) is 2. The third-order valence-corrected chi connectivity index (χ3v) is 4.39. The van der Waals surface area contributed by atoms with E-state index in [0.29, 0.717) is 25.3 Å². The minimum absolute atomic E-state index is 0.0615. The number of hydrogen-bond acceptors (Lipinski definition) is 4. The molecule has 21 heavy (non-hydrogen) atoms. The van der Waals surface area contributed by atoms with Gasteiger partial charge in [0.15, 0.2) is 0 Å². The SMILES string of the molecule is CCNCc1cc(S(=O)(=O)NCC(C)COC)ccc1F. The zero-order valence-electron chi connectivity index (χ0n) is 12.6. The van der Waals surface area contributed by atoms with Gasteiger partial charge in [-0.1, -0.05) is 13.8 Å². The summed E-state index contributed by atoms with van der Waals surface area (Å²) in [5, 5.41) is 2.98. The van der Waals surface area contributed by atoms with Crippen LogP contribution >= 0.6 is 0 Å². The molecular weight excluding hydrogens is 295 g/mol. The summed E-state index contributed by atoms with van der Waals surface area (Å²) in [7, 11) is -2.07. The predicted octanol–water partition coefficient (Wildman–Crippen LogP) is 1.50. The molecule has 0 aliphatic rings. The highest BCUT2D eigenvalue weighted by Gasteiger charge is 2.17. The van der Waals surface area contributed by atoms with Gasteiger partial charge < -0.3 is 10.1 Å². The largest absolute Gasteiger partial charge is 0.384 e.